The number of carbonyl (C=O) groups is 1. The van der Waals surface area contributed by atoms with Crippen molar-refractivity contribution in [3.05, 3.63) is 36.6 Å². The van der Waals surface area contributed by atoms with E-state index in [1.54, 1.807) is 6.07 Å². The van der Waals surface area contributed by atoms with Gasteiger partial charge in [-0.2, -0.15) is 0 Å². The largest absolute Gasteiger partial charge is 0.392 e. The highest BCUT2D eigenvalue weighted by molar-refractivity contribution is 5.90. The van der Waals surface area contributed by atoms with E-state index in [9.17, 15) is 9.90 Å². The summed E-state index contributed by atoms with van der Waals surface area (Å²) in [5.74, 6) is 0.198. The third-order valence-corrected chi connectivity index (χ3v) is 5.74. The molecule has 6 nitrogen and oxygen atoms in total. The molecule has 2 N–H and O–H groups in total. The molecule has 3 atom stereocenters. The molecule has 0 unspecified atom stereocenters. The minimum absolute atomic E-state index is 0.0936. The fourth-order valence-electron chi connectivity index (χ4n) is 4.43. The SMILES string of the molecule is CC1(C)[C@@H](O)[C@H]2CCCN(C(=O)Nc3ccc(-c4ccon4)cc3)[C@H]21. The van der Waals surface area contributed by atoms with Crippen molar-refractivity contribution >= 4 is 11.7 Å². The fraction of sp³-hybridized carbons (Fsp3) is 0.474. The van der Waals surface area contributed by atoms with Gasteiger partial charge >= 0.3 is 6.03 Å². The summed E-state index contributed by atoms with van der Waals surface area (Å²) < 4.78 is 4.85. The number of hydrogen-bond acceptors (Lipinski definition) is 4. The molecule has 0 spiro atoms. The predicted octanol–water partition coefficient (Wildman–Crippen LogP) is 3.35. The maximum atomic E-state index is 12.8. The zero-order valence-electron chi connectivity index (χ0n) is 14.5. The number of benzene rings is 1. The van der Waals surface area contributed by atoms with E-state index in [0.29, 0.717) is 0 Å². The maximum Gasteiger partial charge on any atom is 0.322 e. The Labute approximate surface area is 146 Å². The summed E-state index contributed by atoms with van der Waals surface area (Å²) in [6.07, 6.45) is 3.14. The number of hydrogen-bond donors (Lipinski definition) is 2. The molecule has 1 aromatic heterocycles. The van der Waals surface area contributed by atoms with E-state index in [4.69, 9.17) is 4.52 Å². The number of carbonyl (C=O) groups excluding carboxylic acids is 1. The monoisotopic (exact) mass is 341 g/mol. The molecule has 2 heterocycles. The molecular weight excluding hydrogens is 318 g/mol. The maximum absolute atomic E-state index is 12.8. The van der Waals surface area contributed by atoms with Crippen LogP contribution in [0, 0.1) is 11.3 Å². The molecule has 1 saturated heterocycles. The Kier molecular flexibility index (Phi) is 3.80. The molecule has 2 aliphatic rings. The van der Waals surface area contributed by atoms with Gasteiger partial charge in [0.05, 0.1) is 6.10 Å². The Hall–Kier alpha value is -2.34. The van der Waals surface area contributed by atoms with E-state index in [1.165, 1.54) is 6.26 Å². The lowest BCUT2D eigenvalue weighted by Gasteiger charge is -2.61. The summed E-state index contributed by atoms with van der Waals surface area (Å²) in [7, 11) is 0. The number of fused-ring (bicyclic) bond motifs is 1. The molecule has 2 fully saturated rings. The van der Waals surface area contributed by atoms with Gasteiger partial charge in [-0.3, -0.25) is 0 Å². The average Bonchev–Trinajstić information content (AvgIpc) is 3.16. The molecule has 1 saturated carbocycles. The summed E-state index contributed by atoms with van der Waals surface area (Å²) in [6.45, 7) is 4.81. The fourth-order valence-corrected chi connectivity index (χ4v) is 4.43. The first-order chi connectivity index (χ1) is 12.0. The third-order valence-electron chi connectivity index (χ3n) is 5.74. The van der Waals surface area contributed by atoms with Crippen LogP contribution in [0.5, 0.6) is 0 Å². The van der Waals surface area contributed by atoms with Crippen molar-refractivity contribution in [2.45, 2.75) is 38.8 Å². The first-order valence-corrected chi connectivity index (χ1v) is 8.75. The molecule has 6 heteroatoms. The Bertz CT molecular complexity index is 755. The van der Waals surface area contributed by atoms with Crippen LogP contribution in [0.1, 0.15) is 26.7 Å². The first-order valence-electron chi connectivity index (χ1n) is 8.75. The lowest BCUT2D eigenvalue weighted by molar-refractivity contribution is -0.178. The summed E-state index contributed by atoms with van der Waals surface area (Å²) in [6, 6.07) is 9.35. The Morgan fingerprint density at radius 3 is 2.76 bits per heavy atom. The van der Waals surface area contributed by atoms with Crippen molar-refractivity contribution in [1.29, 1.82) is 0 Å². The molecule has 0 radical (unpaired) electrons. The number of aromatic nitrogens is 1. The highest BCUT2D eigenvalue weighted by Crippen LogP contribution is 2.52. The van der Waals surface area contributed by atoms with Gasteiger partial charge in [0.2, 0.25) is 0 Å². The van der Waals surface area contributed by atoms with E-state index in [2.05, 4.69) is 10.5 Å². The van der Waals surface area contributed by atoms with Gasteiger partial charge in [0, 0.05) is 41.2 Å². The van der Waals surface area contributed by atoms with Crippen LogP contribution in [0.4, 0.5) is 10.5 Å². The summed E-state index contributed by atoms with van der Waals surface area (Å²) in [4.78, 5) is 14.7. The second-order valence-electron chi connectivity index (χ2n) is 7.60. The highest BCUT2D eigenvalue weighted by atomic mass is 16.5. The van der Waals surface area contributed by atoms with Crippen molar-refractivity contribution < 1.29 is 14.4 Å². The van der Waals surface area contributed by atoms with Crippen LogP contribution in [-0.4, -0.2) is 39.9 Å². The zero-order chi connectivity index (χ0) is 17.6. The molecule has 132 valence electrons. The van der Waals surface area contributed by atoms with Crippen molar-refractivity contribution in [2.24, 2.45) is 11.3 Å². The standard InChI is InChI=1S/C19H23N3O3/c1-19(2)16-14(17(19)23)4-3-10-22(16)18(24)20-13-7-5-12(6-8-13)15-9-11-25-21-15/h5-9,11,14,16-17,23H,3-4,10H2,1-2H3,(H,20,24)/t14-,16+,17-/m0/s1. The summed E-state index contributed by atoms with van der Waals surface area (Å²) >= 11 is 0. The van der Waals surface area contributed by atoms with E-state index in [-0.39, 0.29) is 29.5 Å². The molecule has 0 bridgehead atoms. The summed E-state index contributed by atoms with van der Waals surface area (Å²) in [5, 5.41) is 17.2. The Morgan fingerprint density at radius 2 is 2.08 bits per heavy atom. The van der Waals surface area contributed by atoms with Crippen molar-refractivity contribution in [1.82, 2.24) is 10.1 Å². The van der Waals surface area contributed by atoms with E-state index < -0.39 is 0 Å². The van der Waals surface area contributed by atoms with Crippen molar-refractivity contribution in [3.8, 4) is 11.3 Å². The van der Waals surface area contributed by atoms with Gasteiger partial charge in [0.25, 0.3) is 0 Å². The summed E-state index contributed by atoms with van der Waals surface area (Å²) in [5.41, 5.74) is 2.20. The topological polar surface area (TPSA) is 78.6 Å². The number of urea groups is 1. The van der Waals surface area contributed by atoms with Gasteiger partial charge in [0.15, 0.2) is 0 Å². The van der Waals surface area contributed by atoms with Crippen molar-refractivity contribution in [2.75, 3.05) is 11.9 Å². The molecule has 25 heavy (non-hydrogen) atoms. The second-order valence-corrected chi connectivity index (χ2v) is 7.60. The number of nitrogens with one attached hydrogen (secondary N) is 1. The number of rotatable bonds is 2. The second kappa shape index (κ2) is 5.88. The highest BCUT2D eigenvalue weighted by Gasteiger charge is 2.59. The average molecular weight is 341 g/mol. The smallest absolute Gasteiger partial charge is 0.322 e. The minimum atomic E-state index is -0.324. The number of likely N-dealkylation sites (tertiary alicyclic amines) is 1. The first kappa shape index (κ1) is 16.1. The molecule has 2 amide bonds. The van der Waals surface area contributed by atoms with Crippen molar-refractivity contribution in [3.63, 3.8) is 0 Å². The van der Waals surface area contributed by atoms with Gasteiger partial charge in [-0.05, 0) is 25.0 Å². The third kappa shape index (κ3) is 2.61. The van der Waals surface area contributed by atoms with Gasteiger partial charge in [-0.1, -0.05) is 31.1 Å². The van der Waals surface area contributed by atoms with Crippen LogP contribution in [0.3, 0.4) is 0 Å². The van der Waals surface area contributed by atoms with Crippen LogP contribution in [0.2, 0.25) is 0 Å². The molecule has 1 aromatic carbocycles. The Morgan fingerprint density at radius 1 is 1.32 bits per heavy atom. The van der Waals surface area contributed by atoms with Gasteiger partial charge in [-0.15, -0.1) is 0 Å². The van der Waals surface area contributed by atoms with Gasteiger partial charge < -0.3 is 19.8 Å². The predicted molar refractivity (Wildman–Crippen MR) is 94.0 cm³/mol. The number of aliphatic hydroxyl groups excluding tert-OH is 1. The lowest BCUT2D eigenvalue weighted by atomic mass is 9.54. The normalized spacial score (nSPS) is 27.3. The Balaban J connectivity index is 1.46. The number of nitrogens with zero attached hydrogens (tertiary/aromatic N) is 2. The molecular formula is C19H23N3O3. The van der Waals surface area contributed by atoms with Gasteiger partial charge in [0.1, 0.15) is 12.0 Å². The van der Waals surface area contributed by atoms with E-state index >= 15 is 0 Å². The van der Waals surface area contributed by atoms with Crippen LogP contribution in [0.15, 0.2) is 41.1 Å². The molecule has 1 aliphatic carbocycles. The zero-order valence-corrected chi connectivity index (χ0v) is 14.5. The minimum Gasteiger partial charge on any atom is -0.392 e. The number of piperidine rings is 1. The number of amides is 2. The molecule has 2 aromatic rings. The number of anilines is 1. The van der Waals surface area contributed by atoms with Crippen LogP contribution < -0.4 is 5.32 Å². The van der Waals surface area contributed by atoms with Crippen LogP contribution in [0.25, 0.3) is 11.3 Å². The van der Waals surface area contributed by atoms with E-state index in [0.717, 1.165) is 36.3 Å². The lowest BCUT2D eigenvalue weighted by Crippen LogP contribution is -2.71. The van der Waals surface area contributed by atoms with Gasteiger partial charge in [-0.25, -0.2) is 4.79 Å². The van der Waals surface area contributed by atoms with Crippen LogP contribution >= 0.6 is 0 Å². The quantitative estimate of drug-likeness (QED) is 0.878. The van der Waals surface area contributed by atoms with Crippen LogP contribution in [-0.2, 0) is 0 Å². The van der Waals surface area contributed by atoms with E-state index in [1.807, 2.05) is 43.0 Å². The number of aliphatic hydroxyl groups is 1. The molecule has 4 rings (SSSR count). The molecule has 1 aliphatic heterocycles.